The molecule has 2 saturated heterocycles. The lowest BCUT2D eigenvalue weighted by Crippen LogP contribution is -2.45. The summed E-state index contributed by atoms with van der Waals surface area (Å²) in [6.45, 7) is 1.08. The second-order valence-electron chi connectivity index (χ2n) is 7.11. The highest BCUT2D eigenvalue weighted by atomic mass is 32.2. The lowest BCUT2D eigenvalue weighted by molar-refractivity contribution is -0.135. The number of carbonyl (C=O) groups is 2. The first kappa shape index (κ1) is 21.8. The fraction of sp³-hybridized carbons (Fsp3) is 0.476. The number of nitrogens with zero attached hydrogens (tertiary/aromatic N) is 2. The summed E-state index contributed by atoms with van der Waals surface area (Å²) in [7, 11) is 1.60. The Morgan fingerprint density at radius 3 is 3.00 bits per heavy atom. The number of likely N-dealkylation sites (tertiary alicyclic amines) is 1. The molecule has 29 heavy (non-hydrogen) atoms. The molecule has 2 heterocycles. The van der Waals surface area contributed by atoms with Crippen molar-refractivity contribution < 1.29 is 19.4 Å². The van der Waals surface area contributed by atoms with Crippen molar-refractivity contribution in [3.63, 3.8) is 0 Å². The Kier molecular flexibility index (Phi) is 7.69. The minimum absolute atomic E-state index is 0.0222. The average molecular weight is 435 g/mol. The molecule has 2 amide bonds. The molecule has 0 aromatic heterocycles. The van der Waals surface area contributed by atoms with Gasteiger partial charge < -0.3 is 14.7 Å². The number of ether oxygens (including phenoxy) is 1. The van der Waals surface area contributed by atoms with Gasteiger partial charge in [-0.15, -0.1) is 0 Å². The van der Waals surface area contributed by atoms with Crippen LogP contribution < -0.4 is 4.74 Å². The van der Waals surface area contributed by atoms with Crippen molar-refractivity contribution >= 4 is 46.2 Å². The largest absolute Gasteiger partial charge is 0.497 e. The maximum absolute atomic E-state index is 12.8. The summed E-state index contributed by atoms with van der Waals surface area (Å²) in [6, 6.07) is 7.56. The monoisotopic (exact) mass is 434 g/mol. The van der Waals surface area contributed by atoms with Crippen molar-refractivity contribution in [2.75, 3.05) is 26.8 Å². The van der Waals surface area contributed by atoms with E-state index in [1.807, 2.05) is 29.2 Å². The molecule has 0 saturated carbocycles. The lowest BCUT2D eigenvalue weighted by Gasteiger charge is -2.36. The SMILES string of the molecule is COc1cccc(/C=C2\SC(=S)N(CCC(=O)N3CCCC[C@@H]3CCO)C2=O)c1. The van der Waals surface area contributed by atoms with Crippen molar-refractivity contribution in [1.29, 1.82) is 0 Å². The smallest absolute Gasteiger partial charge is 0.266 e. The number of amides is 2. The Bertz CT molecular complexity index is 810. The van der Waals surface area contributed by atoms with Gasteiger partial charge in [-0.25, -0.2) is 0 Å². The zero-order chi connectivity index (χ0) is 20.8. The highest BCUT2D eigenvalue weighted by Gasteiger charge is 2.33. The van der Waals surface area contributed by atoms with Gasteiger partial charge in [-0.1, -0.05) is 36.1 Å². The standard InChI is InChI=1S/C21H26N2O4S2/c1-27-17-7-4-5-15(13-17)14-18-20(26)23(21(28)29-18)11-8-19(25)22-10-3-2-6-16(22)9-12-24/h4-5,7,13-14,16,24H,2-3,6,8-12H2,1H3/b18-14-/t16-/m1/s1. The average Bonchev–Trinajstić information content (AvgIpc) is 2.99. The number of methoxy groups -OCH3 is 1. The number of aliphatic hydroxyl groups excluding tert-OH is 1. The van der Waals surface area contributed by atoms with Gasteiger partial charge in [-0.3, -0.25) is 14.5 Å². The molecule has 2 aliphatic rings. The van der Waals surface area contributed by atoms with Gasteiger partial charge in [0, 0.05) is 32.2 Å². The first-order valence-corrected chi connectivity index (χ1v) is 11.1. The number of carbonyl (C=O) groups excluding carboxylic acids is 2. The second kappa shape index (κ2) is 10.2. The summed E-state index contributed by atoms with van der Waals surface area (Å²) in [4.78, 5) is 29.4. The lowest BCUT2D eigenvalue weighted by atomic mass is 9.99. The summed E-state index contributed by atoms with van der Waals surface area (Å²) in [5.74, 6) is 0.578. The Morgan fingerprint density at radius 1 is 1.41 bits per heavy atom. The number of benzene rings is 1. The molecular formula is C21H26N2O4S2. The molecule has 1 aromatic rings. The number of rotatable bonds is 7. The molecule has 2 aliphatic heterocycles. The minimum Gasteiger partial charge on any atom is -0.497 e. The molecule has 0 spiro atoms. The summed E-state index contributed by atoms with van der Waals surface area (Å²) >= 11 is 6.63. The van der Waals surface area contributed by atoms with Crippen molar-refractivity contribution in [2.24, 2.45) is 0 Å². The molecular weight excluding hydrogens is 408 g/mol. The molecule has 1 aromatic carbocycles. The van der Waals surface area contributed by atoms with E-state index in [0.29, 0.717) is 15.6 Å². The molecule has 0 bridgehead atoms. The van der Waals surface area contributed by atoms with Gasteiger partial charge >= 0.3 is 0 Å². The van der Waals surface area contributed by atoms with E-state index >= 15 is 0 Å². The summed E-state index contributed by atoms with van der Waals surface area (Å²) in [5, 5.41) is 9.25. The number of hydrogen-bond acceptors (Lipinski definition) is 6. The summed E-state index contributed by atoms with van der Waals surface area (Å²) < 4.78 is 5.70. The fourth-order valence-corrected chi connectivity index (χ4v) is 5.01. The molecule has 0 unspecified atom stereocenters. The maximum atomic E-state index is 12.8. The van der Waals surface area contributed by atoms with Crippen LogP contribution in [0.3, 0.4) is 0 Å². The molecule has 6 nitrogen and oxygen atoms in total. The number of aliphatic hydroxyl groups is 1. The van der Waals surface area contributed by atoms with Crippen molar-refractivity contribution in [1.82, 2.24) is 9.80 Å². The number of hydrogen-bond donors (Lipinski definition) is 1. The van der Waals surface area contributed by atoms with Crippen molar-refractivity contribution in [3.8, 4) is 5.75 Å². The van der Waals surface area contributed by atoms with Gasteiger partial charge in [0.2, 0.25) is 5.91 Å². The van der Waals surface area contributed by atoms with Crippen LogP contribution in [-0.2, 0) is 9.59 Å². The van der Waals surface area contributed by atoms with E-state index < -0.39 is 0 Å². The molecule has 0 radical (unpaired) electrons. The van der Waals surface area contributed by atoms with Gasteiger partial charge in [0.05, 0.1) is 12.0 Å². The quantitative estimate of drug-likeness (QED) is 0.525. The van der Waals surface area contributed by atoms with E-state index in [-0.39, 0.29) is 37.4 Å². The molecule has 1 N–H and O–H groups in total. The van der Waals surface area contributed by atoms with Crippen LogP contribution in [0, 0.1) is 0 Å². The third-order valence-corrected chi connectivity index (χ3v) is 6.60. The normalized spacial score (nSPS) is 21.2. The van der Waals surface area contributed by atoms with E-state index in [0.717, 1.165) is 37.1 Å². The topological polar surface area (TPSA) is 70.1 Å². The van der Waals surface area contributed by atoms with Crippen LogP contribution in [-0.4, -0.2) is 63.9 Å². The van der Waals surface area contributed by atoms with Crippen molar-refractivity contribution in [3.05, 3.63) is 34.7 Å². The molecule has 8 heteroatoms. The molecule has 2 fully saturated rings. The van der Waals surface area contributed by atoms with E-state index in [2.05, 4.69) is 0 Å². The van der Waals surface area contributed by atoms with Crippen LogP contribution in [0.15, 0.2) is 29.2 Å². The Balaban J connectivity index is 1.62. The fourth-order valence-electron chi connectivity index (χ4n) is 3.70. The van der Waals surface area contributed by atoms with Crippen molar-refractivity contribution in [2.45, 2.75) is 38.1 Å². The van der Waals surface area contributed by atoms with E-state index in [1.165, 1.54) is 16.7 Å². The van der Waals surface area contributed by atoms with E-state index in [9.17, 15) is 14.7 Å². The zero-order valence-corrected chi connectivity index (χ0v) is 18.1. The Labute approximate surface area is 180 Å². The highest BCUT2D eigenvalue weighted by Crippen LogP contribution is 2.33. The van der Waals surface area contributed by atoms with E-state index in [4.69, 9.17) is 17.0 Å². The Morgan fingerprint density at radius 2 is 2.24 bits per heavy atom. The molecule has 1 atom stereocenters. The minimum atomic E-state index is -0.166. The van der Waals surface area contributed by atoms with Crippen LogP contribution in [0.1, 0.15) is 37.7 Å². The maximum Gasteiger partial charge on any atom is 0.266 e. The van der Waals surface area contributed by atoms with Gasteiger partial charge in [-0.05, 0) is 49.5 Å². The van der Waals surface area contributed by atoms with Gasteiger partial charge in [0.1, 0.15) is 10.1 Å². The third kappa shape index (κ3) is 5.38. The highest BCUT2D eigenvalue weighted by molar-refractivity contribution is 8.26. The van der Waals surface area contributed by atoms with Gasteiger partial charge in [0.25, 0.3) is 5.91 Å². The Hall–Kier alpha value is -1.90. The van der Waals surface area contributed by atoms with Crippen LogP contribution in [0.2, 0.25) is 0 Å². The van der Waals surface area contributed by atoms with Crippen LogP contribution in [0.4, 0.5) is 0 Å². The van der Waals surface area contributed by atoms with Gasteiger partial charge in [0.15, 0.2) is 0 Å². The summed E-state index contributed by atoms with van der Waals surface area (Å²) in [6.07, 6.45) is 5.63. The molecule has 0 aliphatic carbocycles. The molecule has 156 valence electrons. The summed E-state index contributed by atoms with van der Waals surface area (Å²) in [5.41, 5.74) is 0.862. The number of piperidine rings is 1. The number of thiocarbonyl (C=S) groups is 1. The number of thioether (sulfide) groups is 1. The molecule has 3 rings (SSSR count). The van der Waals surface area contributed by atoms with Crippen LogP contribution >= 0.6 is 24.0 Å². The third-order valence-electron chi connectivity index (χ3n) is 5.22. The first-order valence-electron chi connectivity index (χ1n) is 9.83. The second-order valence-corrected chi connectivity index (χ2v) is 8.78. The van der Waals surface area contributed by atoms with Crippen LogP contribution in [0.5, 0.6) is 5.75 Å². The van der Waals surface area contributed by atoms with Gasteiger partial charge in [-0.2, -0.15) is 0 Å². The van der Waals surface area contributed by atoms with E-state index in [1.54, 1.807) is 13.2 Å². The predicted octanol–water partition coefficient (Wildman–Crippen LogP) is 3.05. The zero-order valence-electron chi connectivity index (χ0n) is 16.5. The predicted molar refractivity (Wildman–Crippen MR) is 119 cm³/mol. The van der Waals surface area contributed by atoms with Crippen LogP contribution in [0.25, 0.3) is 6.08 Å². The first-order chi connectivity index (χ1) is 14.0.